The van der Waals surface area contributed by atoms with Crippen molar-refractivity contribution >= 4 is 0 Å². The highest BCUT2D eigenvalue weighted by molar-refractivity contribution is 5.42. The van der Waals surface area contributed by atoms with Gasteiger partial charge in [0.15, 0.2) is 0 Å². The lowest BCUT2D eigenvalue weighted by molar-refractivity contribution is 0.569. The SMILES string of the molecule is CNC1(c2cc(F)cc(-n3cc(C4CC4)cn3)c2)CC1. The quantitative estimate of drug-likeness (QED) is 0.926. The third-order valence-electron chi connectivity index (χ3n) is 4.58. The van der Waals surface area contributed by atoms with Crippen LogP contribution in [-0.2, 0) is 5.54 Å². The number of nitrogens with zero attached hydrogens (tertiary/aromatic N) is 2. The molecule has 2 fully saturated rings. The van der Waals surface area contributed by atoms with E-state index in [1.165, 1.54) is 18.4 Å². The van der Waals surface area contributed by atoms with Crippen molar-refractivity contribution in [2.24, 2.45) is 0 Å². The summed E-state index contributed by atoms with van der Waals surface area (Å²) < 4.78 is 15.7. The van der Waals surface area contributed by atoms with E-state index in [-0.39, 0.29) is 11.4 Å². The Balaban J connectivity index is 1.73. The zero-order chi connectivity index (χ0) is 13.7. The maximum atomic E-state index is 13.9. The number of nitrogens with one attached hydrogen (secondary N) is 1. The van der Waals surface area contributed by atoms with Gasteiger partial charge >= 0.3 is 0 Å². The summed E-state index contributed by atoms with van der Waals surface area (Å²) in [7, 11) is 1.94. The Morgan fingerprint density at radius 2 is 2.10 bits per heavy atom. The second kappa shape index (κ2) is 4.16. The summed E-state index contributed by atoms with van der Waals surface area (Å²) in [6.07, 6.45) is 8.59. The van der Waals surface area contributed by atoms with E-state index in [0.717, 1.165) is 24.1 Å². The number of aromatic nitrogens is 2. The van der Waals surface area contributed by atoms with Crippen LogP contribution in [0.5, 0.6) is 0 Å². The Morgan fingerprint density at radius 3 is 2.75 bits per heavy atom. The van der Waals surface area contributed by atoms with Gasteiger partial charge in [0.25, 0.3) is 0 Å². The van der Waals surface area contributed by atoms with Crippen LogP contribution in [0.4, 0.5) is 4.39 Å². The Labute approximate surface area is 117 Å². The van der Waals surface area contributed by atoms with E-state index >= 15 is 0 Å². The van der Waals surface area contributed by atoms with Crippen molar-refractivity contribution in [1.82, 2.24) is 15.1 Å². The molecule has 4 heteroatoms. The molecule has 20 heavy (non-hydrogen) atoms. The predicted molar refractivity (Wildman–Crippen MR) is 75.5 cm³/mol. The van der Waals surface area contributed by atoms with E-state index in [9.17, 15) is 4.39 Å². The maximum absolute atomic E-state index is 13.9. The van der Waals surface area contributed by atoms with E-state index in [2.05, 4.69) is 16.5 Å². The van der Waals surface area contributed by atoms with Crippen LogP contribution < -0.4 is 5.32 Å². The molecule has 2 aliphatic rings. The Hall–Kier alpha value is -1.68. The highest BCUT2D eigenvalue weighted by Crippen LogP contribution is 2.45. The monoisotopic (exact) mass is 271 g/mol. The lowest BCUT2D eigenvalue weighted by atomic mass is 10.0. The standard InChI is InChI=1S/C16H18FN3/c1-18-16(4-5-16)13-6-14(17)8-15(7-13)20-10-12(9-19-20)11-2-3-11/h6-11,18H,2-5H2,1H3. The maximum Gasteiger partial charge on any atom is 0.125 e. The number of benzene rings is 1. The molecule has 104 valence electrons. The fourth-order valence-corrected chi connectivity index (χ4v) is 2.90. The number of halogens is 1. The molecule has 1 aromatic carbocycles. The van der Waals surface area contributed by atoms with Crippen molar-refractivity contribution < 1.29 is 4.39 Å². The minimum Gasteiger partial charge on any atom is -0.310 e. The van der Waals surface area contributed by atoms with Gasteiger partial charge in [0.1, 0.15) is 5.82 Å². The summed E-state index contributed by atoms with van der Waals surface area (Å²) in [4.78, 5) is 0. The van der Waals surface area contributed by atoms with Gasteiger partial charge in [0.2, 0.25) is 0 Å². The highest BCUT2D eigenvalue weighted by Gasteiger charge is 2.43. The van der Waals surface area contributed by atoms with Crippen LogP contribution in [0, 0.1) is 5.82 Å². The largest absolute Gasteiger partial charge is 0.310 e. The fourth-order valence-electron chi connectivity index (χ4n) is 2.90. The fraction of sp³-hybridized carbons (Fsp3) is 0.438. The van der Waals surface area contributed by atoms with Crippen LogP contribution in [0.1, 0.15) is 42.7 Å². The van der Waals surface area contributed by atoms with Crippen molar-refractivity contribution in [3.8, 4) is 5.69 Å². The van der Waals surface area contributed by atoms with Gasteiger partial charge in [-0.3, -0.25) is 0 Å². The highest BCUT2D eigenvalue weighted by atomic mass is 19.1. The minimum atomic E-state index is -0.192. The molecule has 1 aromatic heterocycles. The molecule has 0 atom stereocenters. The van der Waals surface area contributed by atoms with Crippen LogP contribution in [0.2, 0.25) is 0 Å². The molecule has 0 unspecified atom stereocenters. The molecule has 0 spiro atoms. The van der Waals surface area contributed by atoms with Gasteiger partial charge < -0.3 is 5.32 Å². The van der Waals surface area contributed by atoms with Crippen LogP contribution in [-0.4, -0.2) is 16.8 Å². The zero-order valence-corrected chi connectivity index (χ0v) is 11.6. The van der Waals surface area contributed by atoms with Gasteiger partial charge in [0, 0.05) is 11.7 Å². The molecule has 1 heterocycles. The summed E-state index contributed by atoms with van der Waals surface area (Å²) in [5, 5.41) is 7.70. The summed E-state index contributed by atoms with van der Waals surface area (Å²) in [6, 6.07) is 5.24. The van der Waals surface area contributed by atoms with Gasteiger partial charge in [-0.1, -0.05) is 0 Å². The van der Waals surface area contributed by atoms with Gasteiger partial charge in [-0.25, -0.2) is 9.07 Å². The van der Waals surface area contributed by atoms with Gasteiger partial charge in [-0.15, -0.1) is 0 Å². The molecule has 0 amide bonds. The first-order chi connectivity index (χ1) is 9.70. The molecule has 1 N–H and O–H groups in total. The summed E-state index contributed by atoms with van der Waals surface area (Å²) in [5.74, 6) is 0.478. The smallest absolute Gasteiger partial charge is 0.125 e. The van der Waals surface area contributed by atoms with Gasteiger partial charge in [-0.05, 0) is 68.0 Å². The molecule has 4 rings (SSSR count). The first-order valence-electron chi connectivity index (χ1n) is 7.25. The van der Waals surface area contributed by atoms with Gasteiger partial charge in [0.05, 0.1) is 11.9 Å². The number of rotatable bonds is 4. The van der Waals surface area contributed by atoms with Gasteiger partial charge in [-0.2, -0.15) is 5.10 Å². The number of hydrogen-bond acceptors (Lipinski definition) is 2. The second-order valence-corrected chi connectivity index (χ2v) is 6.02. The lowest BCUT2D eigenvalue weighted by Crippen LogP contribution is -2.24. The van der Waals surface area contributed by atoms with E-state index in [0.29, 0.717) is 5.92 Å². The van der Waals surface area contributed by atoms with E-state index in [4.69, 9.17) is 0 Å². The molecule has 0 radical (unpaired) electrons. The topological polar surface area (TPSA) is 29.9 Å². The average molecular weight is 271 g/mol. The number of hydrogen-bond donors (Lipinski definition) is 1. The zero-order valence-electron chi connectivity index (χ0n) is 11.6. The van der Waals surface area contributed by atoms with Crippen molar-refractivity contribution in [3.63, 3.8) is 0 Å². The molecule has 2 aromatic rings. The second-order valence-electron chi connectivity index (χ2n) is 6.02. The van der Waals surface area contributed by atoms with Crippen LogP contribution in [0.3, 0.4) is 0 Å². The van der Waals surface area contributed by atoms with E-state index in [1.807, 2.05) is 19.4 Å². The molecule has 0 bridgehead atoms. The molecule has 2 aliphatic carbocycles. The van der Waals surface area contributed by atoms with Crippen LogP contribution in [0.25, 0.3) is 5.69 Å². The third-order valence-corrected chi connectivity index (χ3v) is 4.58. The van der Waals surface area contributed by atoms with Crippen molar-refractivity contribution in [2.45, 2.75) is 37.1 Å². The van der Waals surface area contributed by atoms with Crippen molar-refractivity contribution in [2.75, 3.05) is 7.05 Å². The van der Waals surface area contributed by atoms with Crippen LogP contribution in [0.15, 0.2) is 30.6 Å². The average Bonchev–Trinajstić information content (AvgIpc) is 3.37. The Kier molecular flexibility index (Phi) is 2.51. The summed E-state index contributed by atoms with van der Waals surface area (Å²) >= 11 is 0. The summed E-state index contributed by atoms with van der Waals surface area (Å²) in [5.41, 5.74) is 3.08. The van der Waals surface area contributed by atoms with Crippen molar-refractivity contribution in [1.29, 1.82) is 0 Å². The summed E-state index contributed by atoms with van der Waals surface area (Å²) in [6.45, 7) is 0. The first kappa shape index (κ1) is 12.1. The lowest BCUT2D eigenvalue weighted by Gasteiger charge is -2.16. The normalized spacial score (nSPS) is 20.1. The molecule has 2 saturated carbocycles. The Morgan fingerprint density at radius 1 is 1.30 bits per heavy atom. The molecular weight excluding hydrogens is 253 g/mol. The van der Waals surface area contributed by atoms with Crippen LogP contribution >= 0.6 is 0 Å². The molecular formula is C16H18FN3. The predicted octanol–water partition coefficient (Wildman–Crippen LogP) is 3.10. The third kappa shape index (κ3) is 1.95. The molecule has 0 saturated heterocycles. The molecule has 3 nitrogen and oxygen atoms in total. The molecule has 0 aliphatic heterocycles. The van der Waals surface area contributed by atoms with E-state index < -0.39 is 0 Å². The minimum absolute atomic E-state index is 0.0245. The van der Waals surface area contributed by atoms with E-state index in [1.54, 1.807) is 16.8 Å². The first-order valence-corrected chi connectivity index (χ1v) is 7.25. The van der Waals surface area contributed by atoms with Crippen molar-refractivity contribution in [3.05, 3.63) is 47.5 Å². The Bertz CT molecular complexity index is 653.